The molecule has 1 aromatic rings. The van der Waals surface area contributed by atoms with Crippen molar-refractivity contribution in [3.05, 3.63) is 34.3 Å². The summed E-state index contributed by atoms with van der Waals surface area (Å²) in [7, 11) is 0. The summed E-state index contributed by atoms with van der Waals surface area (Å²) in [6.07, 6.45) is 5.37. The van der Waals surface area contributed by atoms with Crippen molar-refractivity contribution in [3.8, 4) is 0 Å². The topological polar surface area (TPSA) is 12.0 Å². The van der Waals surface area contributed by atoms with Gasteiger partial charge in [0, 0.05) is 16.6 Å². The molecule has 0 spiro atoms. The fourth-order valence-electron chi connectivity index (χ4n) is 2.44. The molecule has 0 bridgehead atoms. The first-order chi connectivity index (χ1) is 8.19. The van der Waals surface area contributed by atoms with Gasteiger partial charge in [0.2, 0.25) is 0 Å². The van der Waals surface area contributed by atoms with Gasteiger partial charge in [0.1, 0.15) is 0 Å². The number of hydrogen-bond acceptors (Lipinski definition) is 1. The molecular formula is C15H22BrN. The van der Waals surface area contributed by atoms with Crippen LogP contribution in [0, 0.1) is 5.92 Å². The monoisotopic (exact) mass is 295 g/mol. The van der Waals surface area contributed by atoms with Crippen molar-refractivity contribution in [1.29, 1.82) is 0 Å². The van der Waals surface area contributed by atoms with Crippen molar-refractivity contribution >= 4 is 15.9 Å². The van der Waals surface area contributed by atoms with E-state index in [9.17, 15) is 0 Å². The second kappa shape index (κ2) is 6.01. The second-order valence-electron chi connectivity index (χ2n) is 5.26. The molecule has 1 N–H and O–H groups in total. The molecule has 1 aliphatic rings. The van der Waals surface area contributed by atoms with E-state index in [4.69, 9.17) is 0 Å². The van der Waals surface area contributed by atoms with E-state index in [0.29, 0.717) is 12.1 Å². The smallest absolute Gasteiger partial charge is 0.0320 e. The van der Waals surface area contributed by atoms with Gasteiger partial charge >= 0.3 is 0 Å². The van der Waals surface area contributed by atoms with Crippen LogP contribution in [0.25, 0.3) is 0 Å². The summed E-state index contributed by atoms with van der Waals surface area (Å²) >= 11 is 3.55. The van der Waals surface area contributed by atoms with E-state index < -0.39 is 0 Å². The van der Waals surface area contributed by atoms with Crippen LogP contribution in [0.15, 0.2) is 28.7 Å². The minimum Gasteiger partial charge on any atom is -0.307 e. The lowest BCUT2D eigenvalue weighted by molar-refractivity contribution is 0.413. The highest BCUT2D eigenvalue weighted by molar-refractivity contribution is 9.10. The molecule has 0 aliphatic heterocycles. The fourth-order valence-corrected chi connectivity index (χ4v) is 2.86. The van der Waals surface area contributed by atoms with Gasteiger partial charge in [-0.2, -0.15) is 0 Å². The predicted octanol–water partition coefficient (Wildman–Crippen LogP) is 4.68. The third kappa shape index (κ3) is 4.11. The van der Waals surface area contributed by atoms with Crippen LogP contribution in [0.4, 0.5) is 0 Å². The summed E-state index contributed by atoms with van der Waals surface area (Å²) in [4.78, 5) is 0. The number of nitrogens with one attached hydrogen (secondary N) is 1. The van der Waals surface area contributed by atoms with Gasteiger partial charge in [0.15, 0.2) is 0 Å². The lowest BCUT2D eigenvalue weighted by Crippen LogP contribution is -2.30. The van der Waals surface area contributed by atoms with Gasteiger partial charge in [-0.05, 0) is 43.4 Å². The lowest BCUT2D eigenvalue weighted by atomic mass is 10.0. The van der Waals surface area contributed by atoms with Gasteiger partial charge in [0.05, 0.1) is 0 Å². The van der Waals surface area contributed by atoms with Crippen LogP contribution in [0.3, 0.4) is 0 Å². The zero-order valence-corrected chi connectivity index (χ0v) is 12.3. The van der Waals surface area contributed by atoms with E-state index in [1.165, 1.54) is 29.3 Å². The first-order valence-corrected chi connectivity index (χ1v) is 7.50. The van der Waals surface area contributed by atoms with Crippen molar-refractivity contribution in [1.82, 2.24) is 5.32 Å². The quantitative estimate of drug-likeness (QED) is 0.804. The van der Waals surface area contributed by atoms with Crippen LogP contribution in [-0.4, -0.2) is 6.04 Å². The van der Waals surface area contributed by atoms with E-state index in [-0.39, 0.29) is 0 Å². The Kier molecular flexibility index (Phi) is 4.63. The molecule has 1 aliphatic carbocycles. The van der Waals surface area contributed by atoms with E-state index in [1.807, 2.05) is 0 Å². The molecule has 0 amide bonds. The Hall–Kier alpha value is -0.340. The summed E-state index contributed by atoms with van der Waals surface area (Å²) in [5.41, 5.74) is 1.39. The average molecular weight is 296 g/mol. The Balaban J connectivity index is 1.94. The highest BCUT2D eigenvalue weighted by Crippen LogP contribution is 2.34. The average Bonchev–Trinajstić information content (AvgIpc) is 3.09. The SMILES string of the molecule is CCC(NC(C)CC1CC1)c1cccc(Br)c1. The van der Waals surface area contributed by atoms with Gasteiger partial charge in [-0.1, -0.05) is 47.8 Å². The maximum atomic E-state index is 3.76. The number of halogens is 1. The molecule has 1 fully saturated rings. The largest absolute Gasteiger partial charge is 0.307 e. The Labute approximate surface area is 113 Å². The van der Waals surface area contributed by atoms with Crippen LogP contribution < -0.4 is 5.32 Å². The van der Waals surface area contributed by atoms with Gasteiger partial charge in [-0.25, -0.2) is 0 Å². The van der Waals surface area contributed by atoms with E-state index in [1.54, 1.807) is 0 Å². The van der Waals surface area contributed by atoms with Crippen LogP contribution in [0.1, 0.15) is 51.1 Å². The van der Waals surface area contributed by atoms with Gasteiger partial charge in [-0.3, -0.25) is 0 Å². The van der Waals surface area contributed by atoms with Gasteiger partial charge in [-0.15, -0.1) is 0 Å². The molecule has 1 aromatic carbocycles. The molecule has 1 saturated carbocycles. The molecular weight excluding hydrogens is 274 g/mol. The van der Waals surface area contributed by atoms with Crippen molar-refractivity contribution in [2.24, 2.45) is 5.92 Å². The Morgan fingerprint density at radius 1 is 1.41 bits per heavy atom. The van der Waals surface area contributed by atoms with E-state index >= 15 is 0 Å². The van der Waals surface area contributed by atoms with E-state index in [0.717, 1.165) is 12.3 Å². The molecule has 1 nitrogen and oxygen atoms in total. The van der Waals surface area contributed by atoms with Crippen LogP contribution in [0.2, 0.25) is 0 Å². The fraction of sp³-hybridized carbons (Fsp3) is 0.600. The maximum absolute atomic E-state index is 3.76. The molecule has 2 heteroatoms. The molecule has 0 aromatic heterocycles. The molecule has 2 unspecified atom stereocenters. The van der Waals surface area contributed by atoms with Gasteiger partial charge in [0.25, 0.3) is 0 Å². The second-order valence-corrected chi connectivity index (χ2v) is 6.18. The first kappa shape index (κ1) is 13.1. The zero-order chi connectivity index (χ0) is 12.3. The highest BCUT2D eigenvalue weighted by atomic mass is 79.9. The normalized spacial score (nSPS) is 19.0. The predicted molar refractivity (Wildman–Crippen MR) is 77.1 cm³/mol. The molecule has 94 valence electrons. The molecule has 0 saturated heterocycles. The Morgan fingerprint density at radius 2 is 2.18 bits per heavy atom. The number of hydrogen-bond donors (Lipinski definition) is 1. The molecule has 2 rings (SSSR count). The maximum Gasteiger partial charge on any atom is 0.0320 e. The number of rotatable bonds is 6. The van der Waals surface area contributed by atoms with Crippen molar-refractivity contribution in [2.45, 2.75) is 51.6 Å². The van der Waals surface area contributed by atoms with Crippen LogP contribution >= 0.6 is 15.9 Å². The van der Waals surface area contributed by atoms with Crippen molar-refractivity contribution < 1.29 is 0 Å². The first-order valence-electron chi connectivity index (χ1n) is 6.70. The number of benzene rings is 1. The van der Waals surface area contributed by atoms with Crippen LogP contribution in [-0.2, 0) is 0 Å². The molecule has 0 radical (unpaired) electrons. The van der Waals surface area contributed by atoms with Crippen molar-refractivity contribution in [3.63, 3.8) is 0 Å². The third-order valence-corrected chi connectivity index (χ3v) is 4.02. The van der Waals surface area contributed by atoms with E-state index in [2.05, 4.69) is 59.4 Å². The third-order valence-electron chi connectivity index (χ3n) is 3.53. The summed E-state index contributed by atoms with van der Waals surface area (Å²) < 4.78 is 1.17. The minimum absolute atomic E-state index is 0.487. The summed E-state index contributed by atoms with van der Waals surface area (Å²) in [5, 5.41) is 3.76. The Bertz CT molecular complexity index is 360. The summed E-state index contributed by atoms with van der Waals surface area (Å²) in [6.45, 7) is 4.57. The zero-order valence-electron chi connectivity index (χ0n) is 10.7. The van der Waals surface area contributed by atoms with Gasteiger partial charge < -0.3 is 5.32 Å². The van der Waals surface area contributed by atoms with Crippen molar-refractivity contribution in [2.75, 3.05) is 0 Å². The Morgan fingerprint density at radius 3 is 2.76 bits per heavy atom. The standard InChI is InChI=1S/C15H22BrN/c1-3-15(13-5-4-6-14(16)10-13)17-11(2)9-12-7-8-12/h4-6,10-12,15,17H,3,7-9H2,1-2H3. The summed E-state index contributed by atoms with van der Waals surface area (Å²) in [5.74, 6) is 0.998. The van der Waals surface area contributed by atoms with Crippen LogP contribution in [0.5, 0.6) is 0 Å². The summed E-state index contributed by atoms with van der Waals surface area (Å²) in [6, 6.07) is 9.77. The minimum atomic E-state index is 0.487. The highest BCUT2D eigenvalue weighted by Gasteiger charge is 2.24. The molecule has 17 heavy (non-hydrogen) atoms. The molecule has 2 atom stereocenters. The lowest BCUT2D eigenvalue weighted by Gasteiger charge is -2.23. The molecule has 0 heterocycles.